The van der Waals surface area contributed by atoms with Gasteiger partial charge in [-0.2, -0.15) is 4.31 Å². The standard InChI is InChI=1S/C20H21N3O4S2/c1-27-16-5-7-17(8-6-16)29(25,26)23-10-2-3-14(12-23)20(24)22-15-4-9-18-19(11-15)28-13-21-18/h4-9,11,13-14H,2-3,10,12H2,1H3,(H,22,24). The van der Waals surface area contributed by atoms with Crippen LogP contribution in [0.3, 0.4) is 0 Å². The summed E-state index contributed by atoms with van der Waals surface area (Å²) < 4.78 is 33.4. The molecule has 4 rings (SSSR count). The van der Waals surface area contributed by atoms with E-state index in [0.29, 0.717) is 30.8 Å². The van der Waals surface area contributed by atoms with Gasteiger partial charge in [0.2, 0.25) is 15.9 Å². The number of fused-ring (bicyclic) bond motifs is 1. The lowest BCUT2D eigenvalue weighted by molar-refractivity contribution is -0.120. The van der Waals surface area contributed by atoms with E-state index in [1.807, 2.05) is 18.2 Å². The number of carbonyl (C=O) groups excluding carboxylic acids is 1. The van der Waals surface area contributed by atoms with Gasteiger partial charge in [-0.1, -0.05) is 0 Å². The zero-order chi connectivity index (χ0) is 20.4. The summed E-state index contributed by atoms with van der Waals surface area (Å²) in [6, 6.07) is 11.9. The third-order valence-corrected chi connectivity index (χ3v) is 7.72. The Hall–Kier alpha value is -2.49. The Labute approximate surface area is 173 Å². The summed E-state index contributed by atoms with van der Waals surface area (Å²) in [4.78, 5) is 17.2. The molecule has 9 heteroatoms. The first-order chi connectivity index (χ1) is 14.0. The molecule has 2 aromatic carbocycles. The number of hydrogen-bond acceptors (Lipinski definition) is 6. The molecule has 1 fully saturated rings. The fourth-order valence-electron chi connectivity index (χ4n) is 3.45. The van der Waals surface area contributed by atoms with Crippen molar-refractivity contribution in [2.24, 2.45) is 5.92 Å². The summed E-state index contributed by atoms with van der Waals surface area (Å²) >= 11 is 1.51. The van der Waals surface area contributed by atoms with Gasteiger partial charge in [0, 0.05) is 18.8 Å². The first-order valence-corrected chi connectivity index (χ1v) is 11.6. The fraction of sp³-hybridized carbons (Fsp3) is 0.300. The van der Waals surface area contributed by atoms with E-state index in [9.17, 15) is 13.2 Å². The Morgan fingerprint density at radius 2 is 2.03 bits per heavy atom. The van der Waals surface area contributed by atoms with Gasteiger partial charge in [0.25, 0.3) is 0 Å². The average Bonchev–Trinajstić information content (AvgIpc) is 3.22. The number of sulfonamides is 1. The highest BCUT2D eigenvalue weighted by Gasteiger charge is 2.33. The second-order valence-electron chi connectivity index (χ2n) is 6.90. The molecular formula is C20H21N3O4S2. The molecule has 1 amide bonds. The predicted molar refractivity (Wildman–Crippen MR) is 113 cm³/mol. The number of benzene rings is 2. The minimum Gasteiger partial charge on any atom is -0.497 e. The maximum absolute atomic E-state index is 13.0. The first kappa shape index (κ1) is 19.8. The van der Waals surface area contributed by atoms with Gasteiger partial charge in [-0.3, -0.25) is 4.79 Å². The number of thiazole rings is 1. The molecular weight excluding hydrogens is 410 g/mol. The summed E-state index contributed by atoms with van der Waals surface area (Å²) in [6.07, 6.45) is 1.30. The van der Waals surface area contributed by atoms with Crippen molar-refractivity contribution >= 4 is 43.2 Å². The molecule has 1 saturated heterocycles. The van der Waals surface area contributed by atoms with Crippen molar-refractivity contribution in [2.45, 2.75) is 17.7 Å². The lowest BCUT2D eigenvalue weighted by Gasteiger charge is -2.31. The molecule has 152 valence electrons. The van der Waals surface area contributed by atoms with Crippen LogP contribution >= 0.6 is 11.3 Å². The highest BCUT2D eigenvalue weighted by Crippen LogP contribution is 2.27. The van der Waals surface area contributed by atoms with Gasteiger partial charge in [-0.25, -0.2) is 13.4 Å². The van der Waals surface area contributed by atoms with Crippen LogP contribution in [-0.4, -0.2) is 43.8 Å². The quantitative estimate of drug-likeness (QED) is 0.669. The molecule has 0 aliphatic carbocycles. The fourth-order valence-corrected chi connectivity index (χ4v) is 5.69. The van der Waals surface area contributed by atoms with Crippen molar-refractivity contribution in [3.8, 4) is 5.75 Å². The Morgan fingerprint density at radius 1 is 1.24 bits per heavy atom. The van der Waals surface area contributed by atoms with Gasteiger partial charge in [0.05, 0.1) is 33.7 Å². The van der Waals surface area contributed by atoms with Crippen molar-refractivity contribution in [1.82, 2.24) is 9.29 Å². The molecule has 1 aromatic heterocycles. The molecule has 7 nitrogen and oxygen atoms in total. The van der Waals surface area contributed by atoms with Gasteiger partial charge < -0.3 is 10.1 Å². The number of aromatic nitrogens is 1. The topological polar surface area (TPSA) is 88.6 Å². The molecule has 1 atom stereocenters. The van der Waals surface area contributed by atoms with Gasteiger partial charge >= 0.3 is 0 Å². The van der Waals surface area contributed by atoms with Crippen LogP contribution < -0.4 is 10.1 Å². The summed E-state index contributed by atoms with van der Waals surface area (Å²) in [5, 5.41) is 2.92. The summed E-state index contributed by atoms with van der Waals surface area (Å²) in [5.41, 5.74) is 3.35. The van der Waals surface area contributed by atoms with Crippen molar-refractivity contribution in [1.29, 1.82) is 0 Å². The van der Waals surface area contributed by atoms with E-state index >= 15 is 0 Å². The Kier molecular flexibility index (Phi) is 5.53. The van der Waals surface area contributed by atoms with E-state index in [4.69, 9.17) is 4.74 Å². The largest absolute Gasteiger partial charge is 0.497 e. The second kappa shape index (κ2) is 8.10. The zero-order valence-electron chi connectivity index (χ0n) is 15.9. The van der Waals surface area contributed by atoms with Gasteiger partial charge in [0.1, 0.15) is 5.75 Å². The third-order valence-electron chi connectivity index (χ3n) is 5.05. The third kappa shape index (κ3) is 4.12. The van der Waals surface area contributed by atoms with Crippen LogP contribution in [0.2, 0.25) is 0 Å². The Morgan fingerprint density at radius 3 is 2.79 bits per heavy atom. The number of anilines is 1. The molecule has 1 aliphatic heterocycles. The van der Waals surface area contributed by atoms with Crippen LogP contribution in [0.15, 0.2) is 52.9 Å². The number of nitrogens with one attached hydrogen (secondary N) is 1. The van der Waals surface area contributed by atoms with Crippen LogP contribution in [-0.2, 0) is 14.8 Å². The number of rotatable bonds is 5. The number of hydrogen-bond donors (Lipinski definition) is 1. The minimum atomic E-state index is -3.66. The normalized spacial score (nSPS) is 17.9. The van der Waals surface area contributed by atoms with Crippen LogP contribution in [0.25, 0.3) is 10.2 Å². The first-order valence-electron chi connectivity index (χ1n) is 9.26. The van der Waals surface area contributed by atoms with E-state index < -0.39 is 15.9 Å². The molecule has 0 saturated carbocycles. The van der Waals surface area contributed by atoms with E-state index in [-0.39, 0.29) is 17.3 Å². The van der Waals surface area contributed by atoms with Crippen LogP contribution in [0, 0.1) is 5.92 Å². The van der Waals surface area contributed by atoms with Crippen LogP contribution in [0.5, 0.6) is 5.75 Å². The number of nitrogens with zero attached hydrogens (tertiary/aromatic N) is 2. The number of methoxy groups -OCH3 is 1. The second-order valence-corrected chi connectivity index (χ2v) is 9.73. The summed E-state index contributed by atoms with van der Waals surface area (Å²) in [5.74, 6) is 0.0372. The molecule has 2 heterocycles. The summed E-state index contributed by atoms with van der Waals surface area (Å²) in [6.45, 7) is 0.577. The van der Waals surface area contributed by atoms with Crippen molar-refractivity contribution < 1.29 is 17.9 Å². The molecule has 0 bridgehead atoms. The van der Waals surface area contributed by atoms with Crippen molar-refractivity contribution in [2.75, 3.05) is 25.5 Å². The number of ether oxygens (including phenoxy) is 1. The van der Waals surface area contributed by atoms with E-state index in [1.165, 1.54) is 34.9 Å². The molecule has 0 spiro atoms. The van der Waals surface area contributed by atoms with Crippen molar-refractivity contribution in [3.05, 3.63) is 48.0 Å². The number of piperidine rings is 1. The molecule has 0 radical (unpaired) electrons. The number of carbonyl (C=O) groups is 1. The lowest BCUT2D eigenvalue weighted by Crippen LogP contribution is -2.43. The van der Waals surface area contributed by atoms with Gasteiger partial charge in [-0.15, -0.1) is 11.3 Å². The zero-order valence-corrected chi connectivity index (χ0v) is 17.5. The van der Waals surface area contributed by atoms with E-state index in [2.05, 4.69) is 10.3 Å². The van der Waals surface area contributed by atoms with Gasteiger partial charge in [0.15, 0.2) is 0 Å². The maximum atomic E-state index is 13.0. The predicted octanol–water partition coefficient (Wildman–Crippen LogP) is 3.34. The Balaban J connectivity index is 1.47. The van der Waals surface area contributed by atoms with E-state index in [1.54, 1.807) is 17.6 Å². The lowest BCUT2D eigenvalue weighted by atomic mass is 9.98. The molecule has 1 N–H and O–H groups in total. The molecule has 1 unspecified atom stereocenters. The van der Waals surface area contributed by atoms with Crippen LogP contribution in [0.1, 0.15) is 12.8 Å². The van der Waals surface area contributed by atoms with Crippen LogP contribution in [0.4, 0.5) is 5.69 Å². The molecule has 29 heavy (non-hydrogen) atoms. The summed E-state index contributed by atoms with van der Waals surface area (Å²) in [7, 11) is -2.12. The minimum absolute atomic E-state index is 0.163. The molecule has 3 aromatic rings. The SMILES string of the molecule is COc1ccc(S(=O)(=O)N2CCCC(C(=O)Nc3ccc4ncsc4c3)C2)cc1. The smallest absolute Gasteiger partial charge is 0.243 e. The highest BCUT2D eigenvalue weighted by molar-refractivity contribution is 7.89. The van der Waals surface area contributed by atoms with E-state index in [0.717, 1.165) is 10.2 Å². The monoisotopic (exact) mass is 431 g/mol. The average molecular weight is 432 g/mol. The molecule has 1 aliphatic rings. The Bertz CT molecular complexity index is 1130. The van der Waals surface area contributed by atoms with Crippen molar-refractivity contribution in [3.63, 3.8) is 0 Å². The number of amides is 1. The highest BCUT2D eigenvalue weighted by atomic mass is 32.2. The maximum Gasteiger partial charge on any atom is 0.243 e. The van der Waals surface area contributed by atoms with Gasteiger partial charge in [-0.05, 0) is 55.3 Å².